The molecule has 8 heteroatoms. The Morgan fingerprint density at radius 1 is 1.24 bits per heavy atom. The van der Waals surface area contributed by atoms with Crippen molar-refractivity contribution >= 4 is 41.5 Å². The predicted molar refractivity (Wildman–Crippen MR) is 125 cm³/mol. The molecule has 2 aromatic rings. The van der Waals surface area contributed by atoms with Gasteiger partial charge in [0, 0.05) is 32.1 Å². The monoisotopic (exact) mass is 533 g/mol. The van der Waals surface area contributed by atoms with Gasteiger partial charge in [-0.2, -0.15) is 0 Å². The van der Waals surface area contributed by atoms with E-state index in [2.05, 4.69) is 27.8 Å². The van der Waals surface area contributed by atoms with Crippen LogP contribution in [-0.4, -0.2) is 32.3 Å². The zero-order valence-corrected chi connectivity index (χ0v) is 19.6. The molecule has 1 aliphatic heterocycles. The van der Waals surface area contributed by atoms with Crippen molar-refractivity contribution in [1.82, 2.24) is 10.6 Å². The highest BCUT2D eigenvalue weighted by Gasteiger charge is 2.18. The Morgan fingerprint density at radius 3 is 2.72 bits per heavy atom. The van der Waals surface area contributed by atoms with E-state index in [4.69, 9.17) is 21.1 Å². The van der Waals surface area contributed by atoms with Gasteiger partial charge in [-0.1, -0.05) is 29.8 Å². The van der Waals surface area contributed by atoms with E-state index >= 15 is 0 Å². The topological polar surface area (TPSA) is 54.9 Å². The van der Waals surface area contributed by atoms with Gasteiger partial charge >= 0.3 is 0 Å². The summed E-state index contributed by atoms with van der Waals surface area (Å²) in [4.78, 5) is 4.24. The van der Waals surface area contributed by atoms with Crippen LogP contribution in [-0.2, 0) is 17.8 Å². The van der Waals surface area contributed by atoms with Crippen LogP contribution < -0.4 is 15.4 Å². The number of nitrogens with zero attached hydrogens (tertiary/aromatic N) is 1. The minimum Gasteiger partial charge on any atom is -0.488 e. The van der Waals surface area contributed by atoms with Gasteiger partial charge in [0.25, 0.3) is 0 Å². The van der Waals surface area contributed by atoms with Gasteiger partial charge in [-0.3, -0.25) is 4.99 Å². The molecule has 0 amide bonds. The summed E-state index contributed by atoms with van der Waals surface area (Å²) in [5.74, 6) is 1.08. The smallest absolute Gasteiger partial charge is 0.191 e. The molecule has 0 saturated carbocycles. The molecule has 0 bridgehead atoms. The first-order valence-electron chi connectivity index (χ1n) is 9.27. The zero-order valence-electron chi connectivity index (χ0n) is 16.5. The fourth-order valence-corrected chi connectivity index (χ4v) is 3.14. The second-order valence-corrected chi connectivity index (χ2v) is 7.15. The summed E-state index contributed by atoms with van der Waals surface area (Å²) in [5, 5.41) is 6.60. The average Bonchev–Trinajstić information content (AvgIpc) is 3.19. The van der Waals surface area contributed by atoms with Crippen LogP contribution in [0.4, 0.5) is 4.39 Å². The fourth-order valence-electron chi connectivity index (χ4n) is 2.94. The van der Waals surface area contributed by atoms with Crippen molar-refractivity contribution in [3.63, 3.8) is 0 Å². The molecule has 158 valence electrons. The molecular formula is C21H26ClFIN3O2. The van der Waals surface area contributed by atoms with Crippen LogP contribution in [0.25, 0.3) is 0 Å². The molecule has 1 heterocycles. The van der Waals surface area contributed by atoms with Crippen LogP contribution in [0.15, 0.2) is 41.4 Å². The van der Waals surface area contributed by atoms with Crippen LogP contribution in [0.1, 0.15) is 23.1 Å². The minimum atomic E-state index is -0.424. The van der Waals surface area contributed by atoms with Crippen LogP contribution in [0, 0.1) is 12.7 Å². The molecule has 1 aliphatic rings. The van der Waals surface area contributed by atoms with Crippen molar-refractivity contribution < 1.29 is 13.9 Å². The summed E-state index contributed by atoms with van der Waals surface area (Å²) in [5.41, 5.74) is 3.06. The summed E-state index contributed by atoms with van der Waals surface area (Å²) in [6, 6.07) is 10.8. The van der Waals surface area contributed by atoms with E-state index in [-0.39, 0.29) is 35.1 Å². The summed E-state index contributed by atoms with van der Waals surface area (Å²) in [7, 11) is 1.70. The molecule has 0 aromatic heterocycles. The Labute approximate surface area is 193 Å². The van der Waals surface area contributed by atoms with Crippen molar-refractivity contribution in [2.24, 2.45) is 4.99 Å². The van der Waals surface area contributed by atoms with Gasteiger partial charge in [0.1, 0.15) is 17.7 Å². The number of halogens is 3. The number of nitrogens with one attached hydrogen (secondary N) is 2. The highest BCUT2D eigenvalue weighted by Crippen LogP contribution is 2.24. The van der Waals surface area contributed by atoms with Crippen molar-refractivity contribution in [3.05, 3.63) is 63.9 Å². The van der Waals surface area contributed by atoms with Gasteiger partial charge in [-0.05, 0) is 36.2 Å². The second-order valence-electron chi connectivity index (χ2n) is 6.74. The molecular weight excluding hydrogens is 508 g/mol. The number of rotatable bonds is 6. The highest BCUT2D eigenvalue weighted by atomic mass is 127. The number of ether oxygens (including phenoxy) is 2. The standard InChI is InChI=1S/C21H25ClFN3O2.HI/c1-14-3-5-16(20(9-14)28-17-7-8-27-13-17)12-26-21(24-2)25-11-15-4-6-19(23)18(22)10-15;/h3-6,9-10,17H,7-8,11-13H2,1-2H3,(H2,24,25,26);1H. The number of hydrogen-bond acceptors (Lipinski definition) is 3. The third-order valence-electron chi connectivity index (χ3n) is 4.52. The second kappa shape index (κ2) is 11.6. The van der Waals surface area contributed by atoms with Crippen LogP contribution in [0.2, 0.25) is 5.02 Å². The Kier molecular flexibility index (Phi) is 9.45. The molecule has 2 aromatic carbocycles. The highest BCUT2D eigenvalue weighted by molar-refractivity contribution is 14.0. The Balaban J connectivity index is 0.00000300. The van der Waals surface area contributed by atoms with E-state index in [1.165, 1.54) is 6.07 Å². The van der Waals surface area contributed by atoms with Gasteiger partial charge in [-0.15, -0.1) is 24.0 Å². The maximum atomic E-state index is 13.3. The molecule has 0 spiro atoms. The van der Waals surface area contributed by atoms with E-state index in [9.17, 15) is 4.39 Å². The summed E-state index contributed by atoms with van der Waals surface area (Å²) < 4.78 is 24.8. The normalized spacial score (nSPS) is 16.3. The van der Waals surface area contributed by atoms with E-state index < -0.39 is 5.82 Å². The molecule has 0 aliphatic carbocycles. The van der Waals surface area contributed by atoms with Crippen LogP contribution in [0.3, 0.4) is 0 Å². The molecule has 1 saturated heterocycles. The maximum absolute atomic E-state index is 13.3. The molecule has 3 rings (SSSR count). The van der Waals surface area contributed by atoms with Crippen LogP contribution >= 0.6 is 35.6 Å². The van der Waals surface area contributed by atoms with Gasteiger partial charge in [0.2, 0.25) is 0 Å². The Hall–Kier alpha value is -1.58. The first-order valence-corrected chi connectivity index (χ1v) is 9.65. The number of benzene rings is 2. The number of guanidine groups is 1. The van der Waals surface area contributed by atoms with Gasteiger partial charge in [-0.25, -0.2) is 4.39 Å². The predicted octanol–water partition coefficient (Wildman–Crippen LogP) is 4.44. The first kappa shape index (κ1) is 23.7. The molecule has 1 atom stereocenters. The SMILES string of the molecule is CN=C(NCc1ccc(F)c(Cl)c1)NCc1ccc(C)cc1OC1CCOC1.I. The van der Waals surface area contributed by atoms with Gasteiger partial charge < -0.3 is 20.1 Å². The third-order valence-corrected chi connectivity index (χ3v) is 4.81. The maximum Gasteiger partial charge on any atom is 0.191 e. The van der Waals surface area contributed by atoms with Crippen molar-refractivity contribution in [1.29, 1.82) is 0 Å². The van der Waals surface area contributed by atoms with Gasteiger partial charge in [0.15, 0.2) is 5.96 Å². The Morgan fingerprint density at radius 2 is 2.03 bits per heavy atom. The van der Waals surface area contributed by atoms with Crippen LogP contribution in [0.5, 0.6) is 5.75 Å². The number of aliphatic imine (C=N–C) groups is 1. The molecule has 0 radical (unpaired) electrons. The molecule has 1 fully saturated rings. The Bertz CT molecular complexity index is 845. The largest absolute Gasteiger partial charge is 0.488 e. The lowest BCUT2D eigenvalue weighted by molar-refractivity contribution is 0.140. The lowest BCUT2D eigenvalue weighted by Gasteiger charge is -2.18. The van der Waals surface area contributed by atoms with Crippen molar-refractivity contribution in [2.75, 3.05) is 20.3 Å². The number of hydrogen-bond donors (Lipinski definition) is 2. The lowest BCUT2D eigenvalue weighted by Crippen LogP contribution is -2.36. The van der Waals surface area contributed by atoms with Crippen molar-refractivity contribution in [3.8, 4) is 5.75 Å². The molecule has 1 unspecified atom stereocenters. The molecule has 29 heavy (non-hydrogen) atoms. The quantitative estimate of drug-likeness (QED) is 0.328. The zero-order chi connectivity index (χ0) is 19.9. The van der Waals surface area contributed by atoms with Crippen molar-refractivity contribution in [2.45, 2.75) is 32.5 Å². The summed E-state index contributed by atoms with van der Waals surface area (Å²) in [6.45, 7) is 4.46. The van der Waals surface area contributed by atoms with E-state index in [1.807, 2.05) is 13.0 Å². The fraction of sp³-hybridized carbons (Fsp3) is 0.381. The summed E-state index contributed by atoms with van der Waals surface area (Å²) in [6.07, 6.45) is 1.01. The van der Waals surface area contributed by atoms with E-state index in [0.29, 0.717) is 25.7 Å². The summed E-state index contributed by atoms with van der Waals surface area (Å²) >= 11 is 5.83. The minimum absolute atomic E-state index is 0. The average molecular weight is 534 g/mol. The lowest BCUT2D eigenvalue weighted by atomic mass is 10.1. The first-order chi connectivity index (χ1) is 13.5. The molecule has 5 nitrogen and oxygen atoms in total. The van der Waals surface area contributed by atoms with E-state index in [0.717, 1.165) is 35.5 Å². The molecule has 2 N–H and O–H groups in total. The number of aryl methyl sites for hydroxylation is 1. The third kappa shape index (κ3) is 7.01. The van der Waals surface area contributed by atoms with E-state index in [1.54, 1.807) is 19.2 Å². The van der Waals surface area contributed by atoms with Gasteiger partial charge in [0.05, 0.1) is 18.2 Å².